The van der Waals surface area contributed by atoms with Gasteiger partial charge in [-0.15, -0.1) is 0 Å². The second-order valence-electron chi connectivity index (χ2n) is 5.29. The molecule has 0 aliphatic carbocycles. The molecule has 3 rings (SSSR count). The zero-order chi connectivity index (χ0) is 13.3. The van der Waals surface area contributed by atoms with Gasteiger partial charge in [-0.05, 0) is 59.1 Å². The molecular formula is C14H17BrClNOS. The van der Waals surface area contributed by atoms with Crippen LogP contribution in [-0.2, 0) is 4.74 Å². The van der Waals surface area contributed by atoms with Crippen molar-refractivity contribution in [1.82, 2.24) is 0 Å². The first kappa shape index (κ1) is 14.1. The molecule has 2 aliphatic heterocycles. The van der Waals surface area contributed by atoms with Gasteiger partial charge in [0.1, 0.15) is 0 Å². The van der Waals surface area contributed by atoms with Gasteiger partial charge in [0.25, 0.3) is 0 Å². The summed E-state index contributed by atoms with van der Waals surface area (Å²) in [5.41, 5.74) is 1.25. The van der Waals surface area contributed by atoms with E-state index in [0.29, 0.717) is 6.04 Å². The van der Waals surface area contributed by atoms with Crippen molar-refractivity contribution < 1.29 is 4.74 Å². The molecule has 2 nitrogen and oxygen atoms in total. The SMILES string of the molecule is Clc1ccc(NC2CCOC3(CCSC3)C2)c(Br)c1. The van der Waals surface area contributed by atoms with Crippen LogP contribution in [0, 0.1) is 0 Å². The van der Waals surface area contributed by atoms with Crippen molar-refractivity contribution >= 4 is 45.0 Å². The Balaban J connectivity index is 1.69. The molecular weight excluding hydrogens is 346 g/mol. The first-order valence-corrected chi connectivity index (χ1v) is 8.93. The maximum absolute atomic E-state index is 6.05. The second-order valence-corrected chi connectivity index (χ2v) is 7.69. The Morgan fingerprint density at radius 1 is 1.47 bits per heavy atom. The molecule has 0 aromatic heterocycles. The van der Waals surface area contributed by atoms with Crippen LogP contribution in [0.15, 0.2) is 22.7 Å². The van der Waals surface area contributed by atoms with Gasteiger partial charge < -0.3 is 10.1 Å². The molecule has 0 saturated carbocycles. The highest BCUT2D eigenvalue weighted by Gasteiger charge is 2.40. The Labute approximate surface area is 131 Å². The third kappa shape index (κ3) is 3.23. The summed E-state index contributed by atoms with van der Waals surface area (Å²) in [6, 6.07) is 6.39. The molecule has 2 unspecified atom stereocenters. The predicted octanol–water partition coefficient (Wildman–Crippen LogP) is 4.57. The van der Waals surface area contributed by atoms with E-state index in [0.717, 1.165) is 40.4 Å². The largest absolute Gasteiger partial charge is 0.381 e. The van der Waals surface area contributed by atoms with Gasteiger partial charge in [-0.1, -0.05) is 11.6 Å². The van der Waals surface area contributed by atoms with Crippen molar-refractivity contribution in [3.63, 3.8) is 0 Å². The minimum atomic E-state index is 0.124. The summed E-state index contributed by atoms with van der Waals surface area (Å²) in [5.74, 6) is 2.38. The van der Waals surface area contributed by atoms with E-state index in [1.54, 1.807) is 0 Å². The van der Waals surface area contributed by atoms with Crippen LogP contribution in [0.25, 0.3) is 0 Å². The van der Waals surface area contributed by atoms with Crippen LogP contribution >= 0.6 is 39.3 Å². The number of halogens is 2. The van der Waals surface area contributed by atoms with Gasteiger partial charge in [-0.3, -0.25) is 0 Å². The molecule has 1 aromatic rings. The lowest BCUT2D eigenvalue weighted by Gasteiger charge is -2.38. The van der Waals surface area contributed by atoms with Crippen molar-refractivity contribution in [3.05, 3.63) is 27.7 Å². The van der Waals surface area contributed by atoms with E-state index in [1.807, 2.05) is 30.0 Å². The normalized spacial score (nSPS) is 30.7. The molecule has 2 aliphatic rings. The van der Waals surface area contributed by atoms with Gasteiger partial charge in [-0.25, -0.2) is 0 Å². The molecule has 0 bridgehead atoms. The molecule has 2 heterocycles. The highest BCUT2D eigenvalue weighted by molar-refractivity contribution is 9.10. The van der Waals surface area contributed by atoms with Crippen molar-refractivity contribution in [3.8, 4) is 0 Å². The Hall–Kier alpha value is 0.1000. The molecule has 1 N–H and O–H groups in total. The number of ether oxygens (including phenoxy) is 1. The van der Waals surface area contributed by atoms with E-state index in [1.165, 1.54) is 12.2 Å². The minimum absolute atomic E-state index is 0.124. The fraction of sp³-hybridized carbons (Fsp3) is 0.571. The van der Waals surface area contributed by atoms with E-state index in [-0.39, 0.29) is 5.60 Å². The Bertz CT molecular complexity index is 465. The van der Waals surface area contributed by atoms with E-state index in [2.05, 4.69) is 21.2 Å². The number of anilines is 1. The first-order chi connectivity index (χ1) is 9.17. The van der Waals surface area contributed by atoms with Gasteiger partial charge in [0.05, 0.1) is 5.60 Å². The van der Waals surface area contributed by atoms with E-state index < -0.39 is 0 Å². The number of rotatable bonds is 2. The lowest BCUT2D eigenvalue weighted by atomic mass is 9.90. The summed E-state index contributed by atoms with van der Waals surface area (Å²) in [4.78, 5) is 0. The predicted molar refractivity (Wildman–Crippen MR) is 86.4 cm³/mol. The Morgan fingerprint density at radius 3 is 3.11 bits per heavy atom. The quantitative estimate of drug-likeness (QED) is 0.832. The van der Waals surface area contributed by atoms with E-state index in [9.17, 15) is 0 Å². The monoisotopic (exact) mass is 361 g/mol. The molecule has 1 spiro atoms. The molecule has 1 aromatic carbocycles. The Morgan fingerprint density at radius 2 is 2.37 bits per heavy atom. The fourth-order valence-electron chi connectivity index (χ4n) is 2.84. The zero-order valence-electron chi connectivity index (χ0n) is 10.6. The number of hydrogen-bond donors (Lipinski definition) is 1. The lowest BCUT2D eigenvalue weighted by molar-refractivity contribution is -0.0628. The van der Waals surface area contributed by atoms with Crippen LogP contribution in [0.3, 0.4) is 0 Å². The summed E-state index contributed by atoms with van der Waals surface area (Å²) < 4.78 is 7.08. The number of thioether (sulfide) groups is 1. The highest BCUT2D eigenvalue weighted by Crippen LogP contribution is 2.39. The van der Waals surface area contributed by atoms with Crippen LogP contribution in [0.2, 0.25) is 5.02 Å². The van der Waals surface area contributed by atoms with Crippen LogP contribution in [0.5, 0.6) is 0 Å². The van der Waals surface area contributed by atoms with Crippen molar-refractivity contribution in [2.45, 2.75) is 30.9 Å². The van der Waals surface area contributed by atoms with E-state index >= 15 is 0 Å². The van der Waals surface area contributed by atoms with Crippen LogP contribution in [0.4, 0.5) is 5.69 Å². The number of hydrogen-bond acceptors (Lipinski definition) is 3. The highest BCUT2D eigenvalue weighted by atomic mass is 79.9. The van der Waals surface area contributed by atoms with Crippen LogP contribution < -0.4 is 5.32 Å². The minimum Gasteiger partial charge on any atom is -0.381 e. The Kier molecular flexibility index (Phi) is 4.32. The second kappa shape index (κ2) is 5.84. The summed E-state index contributed by atoms with van der Waals surface area (Å²) >= 11 is 11.6. The number of benzene rings is 1. The van der Waals surface area contributed by atoms with Crippen LogP contribution in [0.1, 0.15) is 19.3 Å². The molecule has 104 valence electrons. The van der Waals surface area contributed by atoms with Gasteiger partial charge in [0.15, 0.2) is 0 Å². The number of nitrogens with one attached hydrogen (secondary N) is 1. The summed E-state index contributed by atoms with van der Waals surface area (Å²) in [5, 5.41) is 4.39. The first-order valence-electron chi connectivity index (χ1n) is 6.60. The summed E-state index contributed by atoms with van der Waals surface area (Å²) in [6.07, 6.45) is 3.37. The average molecular weight is 363 g/mol. The van der Waals surface area contributed by atoms with Crippen molar-refractivity contribution in [2.75, 3.05) is 23.4 Å². The summed E-state index contributed by atoms with van der Waals surface area (Å²) in [6.45, 7) is 0.865. The molecule has 2 saturated heterocycles. The van der Waals surface area contributed by atoms with Gasteiger partial charge in [0.2, 0.25) is 0 Å². The fourth-order valence-corrected chi connectivity index (χ4v) is 5.02. The third-order valence-electron chi connectivity index (χ3n) is 3.85. The molecule has 19 heavy (non-hydrogen) atoms. The molecule has 0 radical (unpaired) electrons. The van der Waals surface area contributed by atoms with Crippen molar-refractivity contribution in [1.29, 1.82) is 0 Å². The van der Waals surface area contributed by atoms with Gasteiger partial charge in [-0.2, -0.15) is 11.8 Å². The smallest absolute Gasteiger partial charge is 0.0799 e. The maximum Gasteiger partial charge on any atom is 0.0799 e. The average Bonchev–Trinajstić information content (AvgIpc) is 2.81. The van der Waals surface area contributed by atoms with E-state index in [4.69, 9.17) is 16.3 Å². The topological polar surface area (TPSA) is 21.3 Å². The molecule has 2 fully saturated rings. The van der Waals surface area contributed by atoms with Crippen molar-refractivity contribution in [2.24, 2.45) is 0 Å². The molecule has 2 atom stereocenters. The van der Waals surface area contributed by atoms with Gasteiger partial charge >= 0.3 is 0 Å². The third-order valence-corrected chi connectivity index (χ3v) is 5.97. The van der Waals surface area contributed by atoms with Crippen LogP contribution in [-0.4, -0.2) is 29.8 Å². The maximum atomic E-state index is 6.05. The summed E-state index contributed by atoms with van der Waals surface area (Å²) in [7, 11) is 0. The molecule has 0 amide bonds. The standard InChI is InChI=1S/C14H17BrClNOS/c15-12-7-10(16)1-2-13(12)17-11-3-5-18-14(8-11)4-6-19-9-14/h1-2,7,11,17H,3-6,8-9H2. The lowest BCUT2D eigenvalue weighted by Crippen LogP contribution is -2.44. The zero-order valence-corrected chi connectivity index (χ0v) is 13.8. The van der Waals surface area contributed by atoms with Gasteiger partial charge in [0, 0.05) is 33.6 Å². The molecule has 5 heteroatoms.